The summed E-state index contributed by atoms with van der Waals surface area (Å²) >= 11 is 0. The first kappa shape index (κ1) is 22.7. The smallest absolute Gasteiger partial charge is 0.260 e. The number of benzene rings is 1. The molecule has 0 spiro atoms. The number of halogens is 3. The molecule has 9 heteroatoms. The topological polar surface area (TPSA) is 97.6 Å². The summed E-state index contributed by atoms with van der Waals surface area (Å²) in [5.74, 6) is -4.04. The second kappa shape index (κ2) is 8.92. The third-order valence-corrected chi connectivity index (χ3v) is 5.93. The predicted molar refractivity (Wildman–Crippen MR) is 128 cm³/mol. The molecule has 176 valence electrons. The lowest BCUT2D eigenvalue weighted by molar-refractivity contribution is 0.000966. The van der Waals surface area contributed by atoms with Crippen LogP contribution in [-0.4, -0.2) is 38.2 Å². The quantitative estimate of drug-likeness (QED) is 0.302. The van der Waals surface area contributed by atoms with Crippen LogP contribution in [0.3, 0.4) is 0 Å². The number of rotatable bonds is 7. The number of pyridine rings is 3. The summed E-state index contributed by atoms with van der Waals surface area (Å²) in [6, 6.07) is 11.8. The van der Waals surface area contributed by atoms with Crippen LogP contribution in [0.1, 0.15) is 23.2 Å². The van der Waals surface area contributed by atoms with E-state index in [0.717, 1.165) is 17.1 Å². The maximum Gasteiger partial charge on any atom is 0.260 e. The molecule has 0 unspecified atom stereocenters. The normalized spacial score (nSPS) is 11.9. The van der Waals surface area contributed by atoms with Gasteiger partial charge in [0.25, 0.3) is 5.92 Å². The molecule has 5 aromatic rings. The first-order valence-corrected chi connectivity index (χ1v) is 10.9. The highest BCUT2D eigenvalue weighted by Crippen LogP contribution is 2.36. The van der Waals surface area contributed by atoms with E-state index >= 15 is 4.39 Å². The van der Waals surface area contributed by atoms with Crippen molar-refractivity contribution in [1.29, 1.82) is 0 Å². The number of hydrogen-bond donors (Lipinski definition) is 2. The van der Waals surface area contributed by atoms with E-state index in [0.29, 0.717) is 33.4 Å². The van der Waals surface area contributed by atoms with Crippen molar-refractivity contribution in [1.82, 2.24) is 19.9 Å². The van der Waals surface area contributed by atoms with Crippen molar-refractivity contribution >= 4 is 27.7 Å². The van der Waals surface area contributed by atoms with E-state index in [1.807, 2.05) is 18.2 Å². The molecule has 4 heterocycles. The lowest BCUT2D eigenvalue weighted by Gasteiger charge is -2.13. The molecule has 0 fully saturated rings. The van der Waals surface area contributed by atoms with Crippen LogP contribution < -0.4 is 5.73 Å². The van der Waals surface area contributed by atoms with Crippen molar-refractivity contribution < 1.29 is 18.0 Å². The number of nitrogens with zero attached hydrogens (tertiary/aromatic N) is 3. The van der Waals surface area contributed by atoms with E-state index in [-0.39, 0.29) is 12.0 Å². The standard InChI is InChI=1S/C26H20F3N5O/c27-19-12-33-25-24(18-10-20(32-13-21(18)34-25)17-2-1-9-31-11-17)23(19)16-5-3-15(4-6-16)22(35)7-8-26(28,29)14-30/h1-6,9-13H,7-8,14,30H2,(H,33,34). The molecule has 0 saturated heterocycles. The summed E-state index contributed by atoms with van der Waals surface area (Å²) in [4.78, 5) is 28.3. The predicted octanol–water partition coefficient (Wildman–Crippen LogP) is 5.54. The van der Waals surface area contributed by atoms with Crippen LogP contribution in [0.5, 0.6) is 0 Å². The van der Waals surface area contributed by atoms with Gasteiger partial charge < -0.3 is 10.7 Å². The fourth-order valence-electron chi connectivity index (χ4n) is 4.05. The number of aromatic amines is 1. The summed E-state index contributed by atoms with van der Waals surface area (Å²) in [6.45, 7) is -0.806. The number of fused-ring (bicyclic) bond motifs is 3. The van der Waals surface area contributed by atoms with Gasteiger partial charge in [0.05, 0.1) is 30.1 Å². The molecule has 1 aromatic carbocycles. The largest absolute Gasteiger partial charge is 0.338 e. The van der Waals surface area contributed by atoms with Crippen molar-refractivity contribution in [3.8, 4) is 22.4 Å². The highest BCUT2D eigenvalue weighted by atomic mass is 19.3. The molecule has 0 amide bonds. The van der Waals surface area contributed by atoms with Crippen molar-refractivity contribution in [2.45, 2.75) is 18.8 Å². The minimum atomic E-state index is -3.08. The lowest BCUT2D eigenvalue weighted by atomic mass is 9.97. The van der Waals surface area contributed by atoms with Crippen molar-refractivity contribution in [3.05, 3.63) is 78.6 Å². The molecule has 4 aromatic heterocycles. The average molecular weight is 475 g/mol. The second-order valence-corrected chi connectivity index (χ2v) is 8.25. The highest BCUT2D eigenvalue weighted by Gasteiger charge is 2.27. The highest BCUT2D eigenvalue weighted by molar-refractivity contribution is 6.13. The summed E-state index contributed by atoms with van der Waals surface area (Å²) in [5, 5.41) is 1.31. The molecule has 0 radical (unpaired) electrons. The maximum atomic E-state index is 15.1. The van der Waals surface area contributed by atoms with E-state index in [9.17, 15) is 13.6 Å². The Morgan fingerprint density at radius 3 is 2.54 bits per heavy atom. The number of nitrogens with two attached hydrogens (primary N) is 1. The summed E-state index contributed by atoms with van der Waals surface area (Å²) in [5.41, 5.74) is 8.83. The first-order chi connectivity index (χ1) is 16.9. The summed E-state index contributed by atoms with van der Waals surface area (Å²) in [6.07, 6.45) is 5.22. The lowest BCUT2D eigenvalue weighted by Crippen LogP contribution is -2.28. The number of Topliss-reactive ketones (excluding diaryl/α,β-unsaturated/α-hetero) is 1. The summed E-state index contributed by atoms with van der Waals surface area (Å²) < 4.78 is 41.9. The van der Waals surface area contributed by atoms with E-state index in [1.165, 1.54) is 12.1 Å². The number of carbonyl (C=O) groups is 1. The second-order valence-electron chi connectivity index (χ2n) is 8.25. The van der Waals surface area contributed by atoms with Gasteiger partial charge in [0.1, 0.15) is 11.5 Å². The Balaban J connectivity index is 1.56. The van der Waals surface area contributed by atoms with Gasteiger partial charge in [-0.1, -0.05) is 24.3 Å². The van der Waals surface area contributed by atoms with Gasteiger partial charge in [-0.05, 0) is 23.8 Å². The van der Waals surface area contributed by atoms with Gasteiger partial charge in [0.2, 0.25) is 0 Å². The molecule has 0 aliphatic rings. The molecule has 0 aliphatic carbocycles. The van der Waals surface area contributed by atoms with Crippen LogP contribution in [0.15, 0.2) is 67.3 Å². The van der Waals surface area contributed by atoms with Crippen molar-refractivity contribution in [2.24, 2.45) is 5.73 Å². The fourth-order valence-corrected chi connectivity index (χ4v) is 4.05. The Bertz CT molecular complexity index is 1530. The van der Waals surface area contributed by atoms with Gasteiger partial charge in [-0.3, -0.25) is 14.8 Å². The SMILES string of the molecule is NCC(F)(F)CCC(=O)c1ccc(-c2c(F)cnc3[nH]c4cnc(-c5cccnc5)cc4c23)cc1. The number of hydrogen-bond acceptors (Lipinski definition) is 5. The van der Waals surface area contributed by atoms with Crippen LogP contribution in [0.4, 0.5) is 13.2 Å². The van der Waals surface area contributed by atoms with Gasteiger partial charge in [-0.2, -0.15) is 0 Å². The minimum absolute atomic E-state index is 0.272. The first-order valence-electron chi connectivity index (χ1n) is 10.9. The van der Waals surface area contributed by atoms with Crippen LogP contribution >= 0.6 is 0 Å². The number of aromatic nitrogens is 4. The third kappa shape index (κ3) is 4.38. The van der Waals surface area contributed by atoms with Crippen LogP contribution in [0, 0.1) is 5.82 Å². The van der Waals surface area contributed by atoms with Crippen LogP contribution in [0.25, 0.3) is 44.3 Å². The number of carbonyl (C=O) groups excluding carboxylic acids is 1. The number of nitrogens with one attached hydrogen (secondary N) is 1. The Hall–Kier alpha value is -4.11. The Labute approximate surface area is 198 Å². The number of ketones is 1. The van der Waals surface area contributed by atoms with Gasteiger partial charge >= 0.3 is 0 Å². The van der Waals surface area contributed by atoms with Crippen LogP contribution in [-0.2, 0) is 0 Å². The molecule has 3 N–H and O–H groups in total. The minimum Gasteiger partial charge on any atom is -0.338 e. The molecule has 0 aliphatic heterocycles. The van der Waals surface area contributed by atoms with Crippen molar-refractivity contribution in [2.75, 3.05) is 6.54 Å². The Kier molecular flexibility index (Phi) is 5.78. The van der Waals surface area contributed by atoms with E-state index in [2.05, 4.69) is 19.9 Å². The average Bonchev–Trinajstić information content (AvgIpc) is 3.26. The van der Waals surface area contributed by atoms with Crippen molar-refractivity contribution in [3.63, 3.8) is 0 Å². The maximum absolute atomic E-state index is 15.1. The monoisotopic (exact) mass is 475 g/mol. The van der Waals surface area contributed by atoms with Crippen LogP contribution in [0.2, 0.25) is 0 Å². The fraction of sp³-hybridized carbons (Fsp3) is 0.154. The molecule has 35 heavy (non-hydrogen) atoms. The summed E-state index contributed by atoms with van der Waals surface area (Å²) in [7, 11) is 0. The number of H-pyrrole nitrogens is 1. The van der Waals surface area contributed by atoms with E-state index in [1.54, 1.807) is 30.7 Å². The molecular formula is C26H20F3N5O. The zero-order chi connectivity index (χ0) is 24.6. The molecule has 0 atom stereocenters. The third-order valence-electron chi connectivity index (χ3n) is 5.93. The van der Waals surface area contributed by atoms with Gasteiger partial charge in [0.15, 0.2) is 5.78 Å². The van der Waals surface area contributed by atoms with Gasteiger partial charge in [-0.15, -0.1) is 0 Å². The zero-order valence-electron chi connectivity index (χ0n) is 18.4. The molecule has 0 saturated carbocycles. The molecular weight excluding hydrogens is 455 g/mol. The number of alkyl halides is 2. The van der Waals surface area contributed by atoms with E-state index < -0.39 is 30.5 Å². The molecule has 0 bridgehead atoms. The molecule has 6 nitrogen and oxygen atoms in total. The zero-order valence-corrected chi connectivity index (χ0v) is 18.4. The van der Waals surface area contributed by atoms with Gasteiger partial charge in [-0.25, -0.2) is 18.2 Å². The van der Waals surface area contributed by atoms with E-state index in [4.69, 9.17) is 5.73 Å². The Morgan fingerprint density at radius 1 is 1.03 bits per heavy atom. The van der Waals surface area contributed by atoms with Gasteiger partial charge in [0, 0.05) is 52.7 Å². The Morgan fingerprint density at radius 2 is 1.83 bits per heavy atom. The molecule has 5 rings (SSSR count).